The fourth-order valence-electron chi connectivity index (χ4n) is 2.84. The van der Waals surface area contributed by atoms with Crippen LogP contribution in [0.3, 0.4) is 0 Å². The molecule has 0 aliphatic heterocycles. The molecular formula is C17H39NO2S. The van der Waals surface area contributed by atoms with Crippen molar-refractivity contribution in [3.8, 4) is 0 Å². The van der Waals surface area contributed by atoms with Gasteiger partial charge in [0.05, 0.1) is 13.2 Å². The minimum Gasteiger partial charge on any atom is -0.396 e. The average molecular weight is 322 g/mol. The molecule has 0 spiro atoms. The molecule has 0 fully saturated rings. The highest BCUT2D eigenvalue weighted by Crippen LogP contribution is 2.46. The van der Waals surface area contributed by atoms with Gasteiger partial charge in [0.15, 0.2) is 0 Å². The molecule has 0 aliphatic carbocycles. The van der Waals surface area contributed by atoms with Gasteiger partial charge in [0.2, 0.25) is 0 Å². The molecule has 4 N–H and O–H groups in total. The summed E-state index contributed by atoms with van der Waals surface area (Å²) in [4.78, 5) is 0. The maximum Gasteiger partial charge on any atom is 0.0507 e. The van der Waals surface area contributed by atoms with E-state index in [0.717, 1.165) is 17.3 Å². The molecule has 0 aromatic heterocycles. The zero-order valence-electron chi connectivity index (χ0n) is 14.2. The number of aliphatic hydroxyl groups is 2. The highest BCUT2D eigenvalue weighted by molar-refractivity contribution is 8.33. The van der Waals surface area contributed by atoms with Crippen LogP contribution in [-0.2, 0) is 0 Å². The quantitative estimate of drug-likeness (QED) is 0.380. The van der Waals surface area contributed by atoms with E-state index in [1.807, 2.05) is 0 Å². The van der Waals surface area contributed by atoms with E-state index < -0.39 is 10.0 Å². The van der Waals surface area contributed by atoms with Crippen LogP contribution in [0.4, 0.5) is 0 Å². The predicted octanol–water partition coefficient (Wildman–Crippen LogP) is 3.61. The maximum absolute atomic E-state index is 9.20. The van der Waals surface area contributed by atoms with Gasteiger partial charge in [0, 0.05) is 17.4 Å². The molecule has 21 heavy (non-hydrogen) atoms. The summed E-state index contributed by atoms with van der Waals surface area (Å²) in [6, 6.07) is 0. The number of hydrogen-bond donors (Lipinski definition) is 3. The van der Waals surface area contributed by atoms with Crippen LogP contribution in [0.15, 0.2) is 0 Å². The van der Waals surface area contributed by atoms with Crippen molar-refractivity contribution in [3.05, 3.63) is 0 Å². The number of nitrogens with two attached hydrogens (primary N) is 1. The van der Waals surface area contributed by atoms with E-state index in [-0.39, 0.29) is 13.2 Å². The van der Waals surface area contributed by atoms with Crippen molar-refractivity contribution in [1.29, 1.82) is 0 Å². The summed E-state index contributed by atoms with van der Waals surface area (Å²) in [5.74, 6) is 3.40. The van der Waals surface area contributed by atoms with Gasteiger partial charge in [-0.2, -0.15) is 0 Å². The lowest BCUT2D eigenvalue weighted by atomic mass is 10.1. The van der Waals surface area contributed by atoms with Crippen LogP contribution in [0.1, 0.15) is 71.1 Å². The smallest absolute Gasteiger partial charge is 0.0507 e. The van der Waals surface area contributed by atoms with Crippen LogP contribution in [0.25, 0.3) is 0 Å². The Morgan fingerprint density at radius 2 is 1.10 bits per heavy atom. The molecule has 0 saturated heterocycles. The Balaban J connectivity index is 3.57. The van der Waals surface area contributed by atoms with E-state index in [0.29, 0.717) is 5.88 Å². The third-order valence-electron chi connectivity index (χ3n) is 4.33. The van der Waals surface area contributed by atoms with Gasteiger partial charge in [-0.3, -0.25) is 0 Å². The lowest BCUT2D eigenvalue weighted by Crippen LogP contribution is -2.25. The molecule has 130 valence electrons. The van der Waals surface area contributed by atoms with Gasteiger partial charge < -0.3 is 15.9 Å². The first-order valence-electron chi connectivity index (χ1n) is 8.90. The monoisotopic (exact) mass is 321 g/mol. The standard InChI is InChI=1S/C17H39NO2S/c1-2-3-4-5-6-7-8-9-10-11-14-21(17-18,15-12-19)16-13-20/h19-20H,2-18H2,1H3. The Morgan fingerprint density at radius 1 is 0.667 bits per heavy atom. The zero-order valence-corrected chi connectivity index (χ0v) is 15.0. The van der Waals surface area contributed by atoms with Crippen molar-refractivity contribution in [2.45, 2.75) is 71.1 Å². The third kappa shape index (κ3) is 11.5. The first-order chi connectivity index (χ1) is 10.2. The third-order valence-corrected chi connectivity index (χ3v) is 8.29. The van der Waals surface area contributed by atoms with Crippen molar-refractivity contribution >= 4 is 10.0 Å². The van der Waals surface area contributed by atoms with Crippen molar-refractivity contribution in [3.63, 3.8) is 0 Å². The maximum atomic E-state index is 9.20. The summed E-state index contributed by atoms with van der Waals surface area (Å²) in [6.45, 7) is 2.69. The van der Waals surface area contributed by atoms with Crippen LogP contribution in [-0.4, -0.2) is 46.6 Å². The van der Waals surface area contributed by atoms with Crippen molar-refractivity contribution in [1.82, 2.24) is 0 Å². The predicted molar refractivity (Wildman–Crippen MR) is 97.3 cm³/mol. The van der Waals surface area contributed by atoms with Crippen molar-refractivity contribution in [2.24, 2.45) is 5.73 Å². The minimum absolute atomic E-state index is 0.213. The van der Waals surface area contributed by atoms with Crippen molar-refractivity contribution in [2.75, 3.05) is 36.3 Å². The first kappa shape index (κ1) is 21.2. The molecule has 0 rings (SSSR count). The van der Waals surface area contributed by atoms with Crippen LogP contribution < -0.4 is 5.73 Å². The molecule has 0 aromatic carbocycles. The summed E-state index contributed by atoms with van der Waals surface area (Å²) in [5.41, 5.74) is 5.92. The summed E-state index contributed by atoms with van der Waals surface area (Å²) < 4.78 is 0. The van der Waals surface area contributed by atoms with Gasteiger partial charge in [-0.15, -0.1) is 0 Å². The molecule has 4 heteroatoms. The fraction of sp³-hybridized carbons (Fsp3) is 1.00. The van der Waals surface area contributed by atoms with Gasteiger partial charge in [-0.05, 0) is 12.2 Å². The molecule has 0 bridgehead atoms. The SMILES string of the molecule is CCCCCCCCCCCCS(CN)(CCO)CCO. The van der Waals surface area contributed by atoms with Gasteiger partial charge >= 0.3 is 0 Å². The highest BCUT2D eigenvalue weighted by atomic mass is 32.3. The second kappa shape index (κ2) is 15.1. The Morgan fingerprint density at radius 3 is 1.48 bits per heavy atom. The second-order valence-corrected chi connectivity index (χ2v) is 10.1. The van der Waals surface area contributed by atoms with Crippen molar-refractivity contribution < 1.29 is 10.2 Å². The van der Waals surface area contributed by atoms with Crippen LogP contribution in [0, 0.1) is 0 Å². The molecule has 0 heterocycles. The lowest BCUT2D eigenvalue weighted by molar-refractivity contribution is 0.316. The summed E-state index contributed by atoms with van der Waals surface area (Å²) >= 11 is 0. The van der Waals surface area contributed by atoms with E-state index >= 15 is 0 Å². The van der Waals surface area contributed by atoms with Crippen LogP contribution >= 0.6 is 10.0 Å². The van der Waals surface area contributed by atoms with E-state index in [9.17, 15) is 10.2 Å². The molecule has 0 saturated carbocycles. The van der Waals surface area contributed by atoms with E-state index in [1.54, 1.807) is 0 Å². The van der Waals surface area contributed by atoms with Crippen LogP contribution in [0.5, 0.6) is 0 Å². The number of unbranched alkanes of at least 4 members (excludes halogenated alkanes) is 9. The molecule has 0 amide bonds. The highest BCUT2D eigenvalue weighted by Gasteiger charge is 2.20. The normalized spacial score (nSPS) is 12.8. The summed E-state index contributed by atoms with van der Waals surface area (Å²) in [5, 5.41) is 18.4. The van der Waals surface area contributed by atoms with E-state index in [4.69, 9.17) is 5.73 Å². The number of aliphatic hydroxyl groups excluding tert-OH is 2. The van der Waals surface area contributed by atoms with Gasteiger partial charge in [-0.1, -0.05) is 64.7 Å². The molecule has 0 aromatic rings. The second-order valence-electron chi connectivity index (χ2n) is 6.13. The summed E-state index contributed by atoms with van der Waals surface area (Å²) in [7, 11) is -0.964. The number of rotatable bonds is 16. The topological polar surface area (TPSA) is 66.5 Å². The van der Waals surface area contributed by atoms with E-state index in [1.165, 1.54) is 64.2 Å². The molecule has 0 atom stereocenters. The first-order valence-corrected chi connectivity index (χ1v) is 11.2. The molecular weight excluding hydrogens is 282 g/mol. The Labute approximate surface area is 134 Å². The van der Waals surface area contributed by atoms with E-state index in [2.05, 4.69) is 6.92 Å². The lowest BCUT2D eigenvalue weighted by Gasteiger charge is -2.38. The Kier molecular flexibility index (Phi) is 15.3. The average Bonchev–Trinajstić information content (AvgIpc) is 2.49. The minimum atomic E-state index is -0.964. The van der Waals surface area contributed by atoms with Gasteiger partial charge in [-0.25, -0.2) is 10.0 Å². The largest absolute Gasteiger partial charge is 0.396 e. The molecule has 3 nitrogen and oxygen atoms in total. The Bertz CT molecular complexity index is 209. The fourth-order valence-corrected chi connectivity index (χ4v) is 5.54. The van der Waals surface area contributed by atoms with Crippen LogP contribution in [0.2, 0.25) is 0 Å². The number of hydrogen-bond acceptors (Lipinski definition) is 3. The Hall–Kier alpha value is 0.230. The molecule has 0 unspecified atom stereocenters. The molecule has 0 aliphatic rings. The molecule has 0 radical (unpaired) electrons. The van der Waals surface area contributed by atoms with Gasteiger partial charge in [0.1, 0.15) is 0 Å². The zero-order chi connectivity index (χ0) is 15.8. The van der Waals surface area contributed by atoms with Gasteiger partial charge in [0.25, 0.3) is 0 Å². The summed E-state index contributed by atoms with van der Waals surface area (Å²) in [6.07, 6.45) is 13.5.